The summed E-state index contributed by atoms with van der Waals surface area (Å²) < 4.78 is 1.80. The van der Waals surface area contributed by atoms with Gasteiger partial charge in [0.1, 0.15) is 0 Å². The Bertz CT molecular complexity index is 690. The summed E-state index contributed by atoms with van der Waals surface area (Å²) in [7, 11) is 0. The molecule has 0 atom stereocenters. The van der Waals surface area contributed by atoms with Crippen molar-refractivity contribution in [3.63, 3.8) is 0 Å². The lowest BCUT2D eigenvalue weighted by Crippen LogP contribution is -2.03. The number of imidazole rings is 1. The first-order valence-corrected chi connectivity index (χ1v) is 7.33. The van der Waals surface area contributed by atoms with Crippen LogP contribution in [0.25, 0.3) is 5.65 Å². The summed E-state index contributed by atoms with van der Waals surface area (Å²) in [4.78, 5) is 5.68. The van der Waals surface area contributed by atoms with Gasteiger partial charge in [0.15, 0.2) is 10.8 Å². The van der Waals surface area contributed by atoms with Gasteiger partial charge in [-0.15, -0.1) is 11.3 Å². The minimum absolute atomic E-state index is 0.467. The van der Waals surface area contributed by atoms with E-state index in [0.717, 1.165) is 30.0 Å². The molecule has 3 heterocycles. The van der Waals surface area contributed by atoms with E-state index < -0.39 is 0 Å². The zero-order valence-corrected chi connectivity index (χ0v) is 12.0. The fraction of sp³-hybridized carbons (Fsp3) is 0.231. The maximum Gasteiger partial charge on any atom is 0.177 e. The first kappa shape index (κ1) is 12.4. The van der Waals surface area contributed by atoms with Crippen molar-refractivity contribution in [2.45, 2.75) is 19.9 Å². The first-order valence-electron chi connectivity index (χ1n) is 6.07. The zero-order valence-electron chi connectivity index (χ0n) is 10.4. The van der Waals surface area contributed by atoms with Crippen molar-refractivity contribution in [3.05, 3.63) is 45.5 Å². The number of halogens is 1. The Morgan fingerprint density at radius 2 is 2.37 bits per heavy atom. The molecule has 0 radical (unpaired) electrons. The van der Waals surface area contributed by atoms with Gasteiger partial charge in [-0.1, -0.05) is 24.6 Å². The molecule has 19 heavy (non-hydrogen) atoms. The summed E-state index contributed by atoms with van der Waals surface area (Å²) in [5.41, 5.74) is 2.78. The lowest BCUT2D eigenvalue weighted by molar-refractivity contribution is 0.859. The van der Waals surface area contributed by atoms with E-state index >= 15 is 0 Å². The van der Waals surface area contributed by atoms with Crippen LogP contribution in [0, 0.1) is 0 Å². The van der Waals surface area contributed by atoms with Crippen molar-refractivity contribution < 1.29 is 0 Å². The molecule has 3 rings (SSSR count). The van der Waals surface area contributed by atoms with Gasteiger partial charge >= 0.3 is 0 Å². The molecule has 98 valence electrons. The molecule has 0 amide bonds. The third kappa shape index (κ3) is 2.43. The average molecular weight is 293 g/mol. The van der Waals surface area contributed by atoms with Gasteiger partial charge in [-0.25, -0.2) is 9.50 Å². The van der Waals surface area contributed by atoms with Crippen LogP contribution in [0.15, 0.2) is 29.8 Å². The van der Waals surface area contributed by atoms with Crippen molar-refractivity contribution in [1.82, 2.24) is 14.6 Å². The molecule has 0 aliphatic rings. The van der Waals surface area contributed by atoms with Crippen LogP contribution in [-0.4, -0.2) is 14.6 Å². The maximum absolute atomic E-state index is 6.07. The van der Waals surface area contributed by atoms with Gasteiger partial charge in [0.05, 0.1) is 17.6 Å². The number of nitrogens with zero attached hydrogens (tertiary/aromatic N) is 3. The van der Waals surface area contributed by atoms with Gasteiger partial charge in [-0.2, -0.15) is 5.10 Å². The van der Waals surface area contributed by atoms with Crippen LogP contribution in [0.3, 0.4) is 0 Å². The van der Waals surface area contributed by atoms with E-state index in [1.165, 1.54) is 4.88 Å². The van der Waals surface area contributed by atoms with Gasteiger partial charge in [0.2, 0.25) is 0 Å². The van der Waals surface area contributed by atoms with Crippen LogP contribution in [0.1, 0.15) is 17.5 Å². The summed E-state index contributed by atoms with van der Waals surface area (Å²) in [6.45, 7) is 2.84. The molecule has 3 aromatic heterocycles. The van der Waals surface area contributed by atoms with E-state index in [0.29, 0.717) is 5.15 Å². The fourth-order valence-corrected chi connectivity index (χ4v) is 2.78. The smallest absolute Gasteiger partial charge is 0.177 e. The number of aromatic nitrogens is 3. The Kier molecular flexibility index (Phi) is 3.40. The maximum atomic E-state index is 6.07. The molecule has 3 aromatic rings. The highest BCUT2D eigenvalue weighted by molar-refractivity contribution is 7.09. The van der Waals surface area contributed by atoms with E-state index in [9.17, 15) is 0 Å². The molecule has 0 fully saturated rings. The van der Waals surface area contributed by atoms with Crippen molar-refractivity contribution in [2.75, 3.05) is 5.32 Å². The number of nitrogens with one attached hydrogen (secondary N) is 1. The van der Waals surface area contributed by atoms with Crippen LogP contribution in [-0.2, 0) is 13.0 Å². The van der Waals surface area contributed by atoms with Gasteiger partial charge in [-0.05, 0) is 17.9 Å². The Labute approximate surface area is 120 Å². The second-order valence-corrected chi connectivity index (χ2v) is 5.57. The van der Waals surface area contributed by atoms with Crippen molar-refractivity contribution in [2.24, 2.45) is 0 Å². The van der Waals surface area contributed by atoms with Crippen molar-refractivity contribution >= 4 is 34.3 Å². The van der Waals surface area contributed by atoms with E-state index in [4.69, 9.17) is 11.6 Å². The molecule has 1 N–H and O–H groups in total. The third-order valence-electron chi connectivity index (χ3n) is 2.90. The zero-order chi connectivity index (χ0) is 13.2. The van der Waals surface area contributed by atoms with Crippen molar-refractivity contribution in [1.29, 1.82) is 0 Å². The number of hydrogen-bond donors (Lipinski definition) is 1. The molecule has 6 heteroatoms. The van der Waals surface area contributed by atoms with E-state index in [1.807, 2.05) is 18.3 Å². The second kappa shape index (κ2) is 5.19. The Morgan fingerprint density at radius 1 is 1.47 bits per heavy atom. The normalized spacial score (nSPS) is 11.1. The fourth-order valence-electron chi connectivity index (χ4n) is 1.95. The largest absolute Gasteiger partial charge is 0.377 e. The molecule has 0 aliphatic carbocycles. The quantitative estimate of drug-likeness (QED) is 0.798. The van der Waals surface area contributed by atoms with Crippen LogP contribution in [0.4, 0.5) is 5.69 Å². The number of rotatable bonds is 4. The predicted octanol–water partition coefficient (Wildman–Crippen LogP) is 3.62. The molecule has 0 saturated carbocycles. The number of fused-ring (bicyclic) bond motifs is 1. The molecule has 0 unspecified atom stereocenters. The van der Waals surface area contributed by atoms with Gasteiger partial charge in [0, 0.05) is 17.5 Å². The highest BCUT2D eigenvalue weighted by Gasteiger charge is 2.09. The van der Waals surface area contributed by atoms with E-state index in [-0.39, 0.29) is 0 Å². The standard InChI is InChI=1S/C13H13ClN4S/c1-2-9-7-16-13-11(6-12(14)17-18(9)13)15-8-10-4-3-5-19-10/h3-7,15H,2,8H2,1H3. The monoisotopic (exact) mass is 292 g/mol. The topological polar surface area (TPSA) is 42.2 Å². The molecule has 0 aromatic carbocycles. The van der Waals surface area contributed by atoms with Gasteiger partial charge in [-0.3, -0.25) is 0 Å². The van der Waals surface area contributed by atoms with E-state index in [2.05, 4.69) is 33.8 Å². The molecule has 0 aliphatic heterocycles. The molecule has 0 bridgehead atoms. The Balaban J connectivity index is 1.96. The second-order valence-electron chi connectivity index (χ2n) is 4.15. The van der Waals surface area contributed by atoms with Gasteiger partial charge in [0.25, 0.3) is 0 Å². The SMILES string of the molecule is CCc1cnc2c(NCc3cccs3)cc(Cl)nn12. The molecule has 0 spiro atoms. The number of thiophene rings is 1. The third-order valence-corrected chi connectivity index (χ3v) is 3.96. The number of anilines is 1. The minimum Gasteiger partial charge on any atom is -0.377 e. The van der Waals surface area contributed by atoms with Crippen LogP contribution in [0.2, 0.25) is 5.15 Å². The minimum atomic E-state index is 0.467. The average Bonchev–Trinajstić information content (AvgIpc) is 3.04. The Morgan fingerprint density at radius 3 is 3.11 bits per heavy atom. The highest BCUT2D eigenvalue weighted by atomic mass is 35.5. The van der Waals surface area contributed by atoms with Crippen LogP contribution < -0.4 is 5.32 Å². The summed E-state index contributed by atoms with van der Waals surface area (Å²) in [5, 5.41) is 10.2. The number of hydrogen-bond acceptors (Lipinski definition) is 4. The first-order chi connectivity index (χ1) is 9.28. The summed E-state index contributed by atoms with van der Waals surface area (Å²) in [6.07, 6.45) is 2.72. The van der Waals surface area contributed by atoms with Crippen molar-refractivity contribution in [3.8, 4) is 0 Å². The molecule has 0 saturated heterocycles. The highest BCUT2D eigenvalue weighted by Crippen LogP contribution is 2.21. The lowest BCUT2D eigenvalue weighted by Gasteiger charge is -2.07. The number of aryl methyl sites for hydroxylation is 1. The molecular weight excluding hydrogens is 280 g/mol. The Hall–Kier alpha value is -1.59. The molecular formula is C13H13ClN4S. The van der Waals surface area contributed by atoms with E-state index in [1.54, 1.807) is 15.9 Å². The van der Waals surface area contributed by atoms with Crippen LogP contribution in [0.5, 0.6) is 0 Å². The van der Waals surface area contributed by atoms with Gasteiger partial charge < -0.3 is 5.32 Å². The summed E-state index contributed by atoms with van der Waals surface area (Å²) >= 11 is 7.80. The predicted molar refractivity (Wildman–Crippen MR) is 79.0 cm³/mol. The molecule has 4 nitrogen and oxygen atoms in total. The summed E-state index contributed by atoms with van der Waals surface area (Å²) in [6, 6.07) is 5.96. The summed E-state index contributed by atoms with van der Waals surface area (Å²) in [5.74, 6) is 0. The lowest BCUT2D eigenvalue weighted by atomic mass is 10.4. The van der Waals surface area contributed by atoms with Crippen LogP contribution >= 0.6 is 22.9 Å².